The van der Waals surface area contributed by atoms with E-state index in [1.54, 1.807) is 0 Å². The average molecular weight is 320 g/mol. The van der Waals surface area contributed by atoms with Gasteiger partial charge in [0.15, 0.2) is 0 Å². The van der Waals surface area contributed by atoms with E-state index < -0.39 is 0 Å². The minimum Gasteiger partial charge on any atom is -0.355 e. The smallest absolute Gasteiger partial charge is 0.262 e. The maximum absolute atomic E-state index is 12.3. The van der Waals surface area contributed by atoms with Crippen molar-refractivity contribution < 1.29 is 9.59 Å². The minimum absolute atomic E-state index is 0.0226. The van der Waals surface area contributed by atoms with Gasteiger partial charge in [0, 0.05) is 24.0 Å². The normalized spacial score (nSPS) is 10.7. The predicted octanol–water partition coefficient (Wildman–Crippen LogP) is 1.74. The van der Waals surface area contributed by atoms with Crippen LogP contribution in [0.5, 0.6) is 0 Å². The molecule has 22 heavy (non-hydrogen) atoms. The number of likely N-dealkylation sites (N-methyl/N-ethyl adjacent to an activating group) is 1. The summed E-state index contributed by atoms with van der Waals surface area (Å²) in [5.41, 5.74) is 1.76. The van der Waals surface area contributed by atoms with Crippen molar-refractivity contribution in [2.75, 3.05) is 13.1 Å². The molecule has 0 bridgehead atoms. The Labute approximate surface area is 133 Å². The second kappa shape index (κ2) is 6.83. The molecule has 2 amide bonds. The Morgan fingerprint density at radius 3 is 2.50 bits per heavy atom. The number of rotatable bonds is 5. The number of carbonyl (C=O) groups excluding carboxylic acids is 2. The maximum atomic E-state index is 12.3. The van der Waals surface area contributed by atoms with Gasteiger partial charge in [-0.2, -0.15) is 0 Å². The van der Waals surface area contributed by atoms with Crippen LogP contribution in [0, 0.1) is 13.8 Å². The second-order valence-corrected chi connectivity index (χ2v) is 5.95. The minimum atomic E-state index is -0.246. The Balaban J connectivity index is 2.28. The zero-order valence-electron chi connectivity index (χ0n) is 13.2. The molecule has 0 saturated heterocycles. The van der Waals surface area contributed by atoms with Gasteiger partial charge in [0.2, 0.25) is 5.91 Å². The van der Waals surface area contributed by atoms with E-state index in [1.807, 2.05) is 27.7 Å². The highest BCUT2D eigenvalue weighted by Gasteiger charge is 2.19. The molecule has 0 saturated carbocycles. The summed E-state index contributed by atoms with van der Waals surface area (Å²) < 4.78 is 0. The molecule has 0 aliphatic rings. The van der Waals surface area contributed by atoms with Gasteiger partial charge >= 0.3 is 0 Å². The van der Waals surface area contributed by atoms with Gasteiger partial charge in [0.1, 0.15) is 10.7 Å². The molecule has 0 aromatic carbocycles. The molecular formula is C15H20N4O2S. The standard InChI is InChI=1S/C15H20N4O2S/c1-5-10-18-9(4)12-8(3)13(22-15(12)19-10)14(21)17-7-11(20)16-6-2/h5-7H2,1-4H3,(H,16,20)(H,17,21). The van der Waals surface area contributed by atoms with Crippen molar-refractivity contribution in [1.29, 1.82) is 0 Å². The Hall–Kier alpha value is -2.02. The summed E-state index contributed by atoms with van der Waals surface area (Å²) in [6.45, 7) is 8.18. The van der Waals surface area contributed by atoms with Crippen molar-refractivity contribution in [1.82, 2.24) is 20.6 Å². The van der Waals surface area contributed by atoms with E-state index >= 15 is 0 Å². The molecule has 0 unspecified atom stereocenters. The first-order chi connectivity index (χ1) is 10.5. The van der Waals surface area contributed by atoms with Gasteiger partial charge < -0.3 is 10.6 Å². The lowest BCUT2D eigenvalue weighted by molar-refractivity contribution is -0.120. The lowest BCUT2D eigenvalue weighted by atomic mass is 10.1. The van der Waals surface area contributed by atoms with Crippen molar-refractivity contribution in [2.24, 2.45) is 0 Å². The number of hydrogen-bond acceptors (Lipinski definition) is 5. The fourth-order valence-corrected chi connectivity index (χ4v) is 3.44. The zero-order valence-corrected chi connectivity index (χ0v) is 14.1. The molecule has 0 atom stereocenters. The van der Waals surface area contributed by atoms with E-state index in [-0.39, 0.29) is 18.4 Å². The highest BCUT2D eigenvalue weighted by Crippen LogP contribution is 2.31. The number of aromatic nitrogens is 2. The lowest BCUT2D eigenvalue weighted by Gasteiger charge is -2.04. The van der Waals surface area contributed by atoms with Crippen LogP contribution in [-0.4, -0.2) is 34.9 Å². The molecule has 0 aliphatic carbocycles. The topological polar surface area (TPSA) is 84.0 Å². The quantitative estimate of drug-likeness (QED) is 0.879. The van der Waals surface area contributed by atoms with E-state index in [2.05, 4.69) is 20.6 Å². The number of hydrogen-bond donors (Lipinski definition) is 2. The van der Waals surface area contributed by atoms with E-state index in [4.69, 9.17) is 0 Å². The van der Waals surface area contributed by atoms with Crippen LogP contribution in [0.15, 0.2) is 0 Å². The van der Waals surface area contributed by atoms with E-state index in [0.717, 1.165) is 33.7 Å². The second-order valence-electron chi connectivity index (χ2n) is 4.95. The number of nitrogens with zero attached hydrogens (tertiary/aromatic N) is 2. The van der Waals surface area contributed by atoms with Crippen LogP contribution in [0.2, 0.25) is 0 Å². The third kappa shape index (κ3) is 3.24. The molecule has 0 spiro atoms. The first kappa shape index (κ1) is 16.4. The Morgan fingerprint density at radius 1 is 1.14 bits per heavy atom. The molecule has 2 heterocycles. The highest BCUT2D eigenvalue weighted by atomic mass is 32.1. The summed E-state index contributed by atoms with van der Waals surface area (Å²) in [6, 6.07) is 0. The van der Waals surface area contributed by atoms with Gasteiger partial charge in [0.05, 0.1) is 11.4 Å². The number of thiophene rings is 1. The summed E-state index contributed by atoms with van der Waals surface area (Å²) in [6.07, 6.45) is 0.756. The summed E-state index contributed by atoms with van der Waals surface area (Å²) >= 11 is 1.35. The SMILES string of the molecule is CCNC(=O)CNC(=O)c1sc2nc(CC)nc(C)c2c1C. The molecule has 2 aromatic heterocycles. The third-order valence-electron chi connectivity index (χ3n) is 3.32. The molecule has 0 radical (unpaired) electrons. The molecule has 6 nitrogen and oxygen atoms in total. The number of carbonyl (C=O) groups is 2. The lowest BCUT2D eigenvalue weighted by Crippen LogP contribution is -2.36. The first-order valence-corrected chi connectivity index (χ1v) is 8.11. The van der Waals surface area contributed by atoms with E-state index in [1.165, 1.54) is 11.3 Å². The fourth-order valence-electron chi connectivity index (χ4n) is 2.27. The van der Waals surface area contributed by atoms with Gasteiger partial charge in [0.25, 0.3) is 5.91 Å². The van der Waals surface area contributed by atoms with Gasteiger partial charge in [-0.1, -0.05) is 6.92 Å². The number of nitrogens with one attached hydrogen (secondary N) is 2. The molecule has 7 heteroatoms. The van der Waals surface area contributed by atoms with Crippen LogP contribution in [0.4, 0.5) is 0 Å². The average Bonchev–Trinajstić information content (AvgIpc) is 2.82. The predicted molar refractivity (Wildman–Crippen MR) is 87.3 cm³/mol. The largest absolute Gasteiger partial charge is 0.355 e. The van der Waals surface area contributed by atoms with Crippen LogP contribution in [-0.2, 0) is 11.2 Å². The number of fused-ring (bicyclic) bond motifs is 1. The summed E-state index contributed by atoms with van der Waals surface area (Å²) in [5, 5.41) is 6.23. The van der Waals surface area contributed by atoms with Gasteiger partial charge in [-0.3, -0.25) is 9.59 Å². The third-order valence-corrected chi connectivity index (χ3v) is 4.51. The van der Waals surface area contributed by atoms with Crippen molar-refractivity contribution in [3.05, 3.63) is 22.0 Å². The van der Waals surface area contributed by atoms with E-state index in [0.29, 0.717) is 11.4 Å². The van der Waals surface area contributed by atoms with Crippen molar-refractivity contribution in [3.8, 4) is 0 Å². The molecule has 2 rings (SSSR count). The summed E-state index contributed by atoms with van der Waals surface area (Å²) in [7, 11) is 0. The van der Waals surface area contributed by atoms with Crippen LogP contribution < -0.4 is 10.6 Å². The maximum Gasteiger partial charge on any atom is 0.262 e. The number of aryl methyl sites for hydroxylation is 3. The number of amides is 2. The highest BCUT2D eigenvalue weighted by molar-refractivity contribution is 7.20. The van der Waals surface area contributed by atoms with Gasteiger partial charge in [-0.05, 0) is 26.3 Å². The van der Waals surface area contributed by atoms with Gasteiger partial charge in [-0.15, -0.1) is 11.3 Å². The molecule has 2 N–H and O–H groups in total. The van der Waals surface area contributed by atoms with E-state index in [9.17, 15) is 9.59 Å². The summed E-state index contributed by atoms with van der Waals surface area (Å²) in [5.74, 6) is 0.337. The van der Waals surface area contributed by atoms with Crippen molar-refractivity contribution in [3.63, 3.8) is 0 Å². The Bertz CT molecular complexity index is 724. The fraction of sp³-hybridized carbons (Fsp3) is 0.467. The van der Waals surface area contributed by atoms with Crippen LogP contribution in [0.3, 0.4) is 0 Å². The molecule has 0 aliphatic heterocycles. The first-order valence-electron chi connectivity index (χ1n) is 7.29. The summed E-state index contributed by atoms with van der Waals surface area (Å²) in [4.78, 5) is 34.1. The molecule has 0 fully saturated rings. The van der Waals surface area contributed by atoms with Crippen LogP contribution >= 0.6 is 11.3 Å². The van der Waals surface area contributed by atoms with Gasteiger partial charge in [-0.25, -0.2) is 9.97 Å². The van der Waals surface area contributed by atoms with Crippen LogP contribution in [0.25, 0.3) is 10.2 Å². The zero-order chi connectivity index (χ0) is 16.3. The Morgan fingerprint density at radius 2 is 1.86 bits per heavy atom. The molecule has 118 valence electrons. The molecular weight excluding hydrogens is 300 g/mol. The molecule has 2 aromatic rings. The Kier molecular flexibility index (Phi) is 5.07. The van der Waals surface area contributed by atoms with Crippen molar-refractivity contribution >= 4 is 33.4 Å². The van der Waals surface area contributed by atoms with Crippen molar-refractivity contribution in [2.45, 2.75) is 34.1 Å². The van der Waals surface area contributed by atoms with Crippen LogP contribution in [0.1, 0.15) is 40.6 Å². The monoisotopic (exact) mass is 320 g/mol.